The van der Waals surface area contributed by atoms with Crippen LogP contribution in [0.5, 0.6) is 0 Å². The van der Waals surface area contributed by atoms with Gasteiger partial charge in [0.15, 0.2) is 17.4 Å². The first kappa shape index (κ1) is 34.6. The number of ketones is 1. The maximum Gasteiger partial charge on any atom is 0.207 e. The summed E-state index contributed by atoms with van der Waals surface area (Å²) in [6, 6.07) is 13.6. The van der Waals surface area contributed by atoms with Crippen molar-refractivity contribution >= 4 is 78.7 Å². The van der Waals surface area contributed by atoms with E-state index in [9.17, 15) is 4.79 Å². The van der Waals surface area contributed by atoms with Gasteiger partial charge in [-0.25, -0.2) is 0 Å². The predicted octanol–water partition coefficient (Wildman–Crippen LogP) is 4.43. The first-order valence-electron chi connectivity index (χ1n) is 15.3. The molecule has 1 aromatic carbocycles. The highest BCUT2D eigenvalue weighted by Gasteiger charge is 2.27. The van der Waals surface area contributed by atoms with Crippen molar-refractivity contribution in [1.82, 2.24) is 40.8 Å². The number of methoxy groups -OCH3 is 1. The molecular formula is C30H33Cl2N13O2S2. The number of nitrogens with two attached hydrogens (primary N) is 1. The summed E-state index contributed by atoms with van der Waals surface area (Å²) < 4.78 is 5.41. The lowest BCUT2D eigenvalue weighted by atomic mass is 10.0. The summed E-state index contributed by atoms with van der Waals surface area (Å²) in [5, 5.41) is 42.6. The predicted molar refractivity (Wildman–Crippen MR) is 192 cm³/mol. The molecule has 7 rings (SSSR count). The van der Waals surface area contributed by atoms with Gasteiger partial charge in [0.25, 0.3) is 0 Å². The van der Waals surface area contributed by atoms with Gasteiger partial charge in [-0.2, -0.15) is 10.2 Å². The molecule has 2 saturated heterocycles. The van der Waals surface area contributed by atoms with Gasteiger partial charge in [0.05, 0.1) is 28.9 Å². The van der Waals surface area contributed by atoms with E-state index in [1.165, 1.54) is 35.1 Å². The number of benzene rings is 1. The fourth-order valence-corrected chi connectivity index (χ4v) is 7.19. The highest BCUT2D eigenvalue weighted by molar-refractivity contribution is 7.18. The van der Waals surface area contributed by atoms with Crippen molar-refractivity contribution in [3.05, 3.63) is 75.5 Å². The third-order valence-electron chi connectivity index (χ3n) is 7.76. The number of anilines is 5. The van der Waals surface area contributed by atoms with E-state index in [1.54, 1.807) is 7.11 Å². The first-order valence-corrected chi connectivity index (χ1v) is 17.7. The molecule has 19 heteroatoms. The summed E-state index contributed by atoms with van der Waals surface area (Å²) in [6.45, 7) is 3.35. The van der Waals surface area contributed by atoms with E-state index in [0.717, 1.165) is 61.4 Å². The molecule has 6 heterocycles. The molecule has 0 spiro atoms. The van der Waals surface area contributed by atoms with Gasteiger partial charge in [0.2, 0.25) is 15.4 Å². The number of carbonyl (C=O) groups excluding carboxylic acids is 1. The highest BCUT2D eigenvalue weighted by atomic mass is 35.5. The molecule has 49 heavy (non-hydrogen) atoms. The zero-order valence-corrected chi connectivity index (χ0v) is 29.5. The minimum Gasteiger partial charge on any atom is -0.374 e. The molecule has 2 fully saturated rings. The van der Waals surface area contributed by atoms with Gasteiger partial charge in [0, 0.05) is 57.5 Å². The molecule has 2 aliphatic heterocycles. The van der Waals surface area contributed by atoms with Crippen LogP contribution in [-0.4, -0.2) is 91.9 Å². The maximum atomic E-state index is 12.7. The second kappa shape index (κ2) is 16.4. The van der Waals surface area contributed by atoms with Crippen LogP contribution in [0.1, 0.15) is 29.5 Å². The van der Waals surface area contributed by atoms with Crippen LogP contribution in [0, 0.1) is 0 Å². The monoisotopic (exact) mass is 741 g/mol. The van der Waals surface area contributed by atoms with E-state index in [1.807, 2.05) is 42.5 Å². The Morgan fingerprint density at radius 1 is 0.878 bits per heavy atom. The lowest BCUT2D eigenvalue weighted by Gasteiger charge is -2.17. The minimum atomic E-state index is -0.603. The van der Waals surface area contributed by atoms with E-state index in [0.29, 0.717) is 31.4 Å². The molecule has 0 radical (unpaired) electrons. The number of hydrogen-bond donors (Lipinski definition) is 3. The number of hydrogen-bond acceptors (Lipinski definition) is 17. The van der Waals surface area contributed by atoms with Crippen molar-refractivity contribution < 1.29 is 9.53 Å². The van der Waals surface area contributed by atoms with E-state index in [2.05, 4.69) is 61.2 Å². The molecule has 5 aromatic rings. The van der Waals surface area contributed by atoms with Gasteiger partial charge in [0.1, 0.15) is 11.1 Å². The summed E-state index contributed by atoms with van der Waals surface area (Å²) in [7, 11) is 1.54. The molecular weight excluding hydrogens is 709 g/mol. The summed E-state index contributed by atoms with van der Waals surface area (Å²) in [4.78, 5) is 17.0. The molecule has 0 bridgehead atoms. The van der Waals surface area contributed by atoms with Gasteiger partial charge >= 0.3 is 0 Å². The zero-order valence-electron chi connectivity index (χ0n) is 26.3. The Hall–Kier alpha value is -4.29. The number of halogens is 2. The normalized spacial score (nSPS) is 17.8. The average molecular weight is 743 g/mol. The third kappa shape index (κ3) is 9.45. The Labute approximate surface area is 300 Å². The van der Waals surface area contributed by atoms with E-state index in [4.69, 9.17) is 33.7 Å². The summed E-state index contributed by atoms with van der Waals surface area (Å²) >= 11 is 14.7. The average Bonchev–Trinajstić information content (AvgIpc) is 3.92. The molecule has 0 saturated carbocycles. The lowest BCUT2D eigenvalue weighted by molar-refractivity contribution is -0.128. The van der Waals surface area contributed by atoms with Gasteiger partial charge in [-0.15, -0.1) is 30.6 Å². The number of ether oxygens (including phenoxy) is 1. The molecule has 2 aliphatic rings. The maximum absolute atomic E-state index is 12.7. The Morgan fingerprint density at radius 2 is 1.45 bits per heavy atom. The molecule has 256 valence electrons. The molecule has 4 N–H and O–H groups in total. The summed E-state index contributed by atoms with van der Waals surface area (Å²) in [6.07, 6.45) is 4.55. The number of nitrogen functional groups attached to an aromatic ring is 1. The number of nitrogens with one attached hydrogen (secondary N) is 2. The van der Waals surface area contributed by atoms with Crippen molar-refractivity contribution in [2.45, 2.75) is 37.5 Å². The van der Waals surface area contributed by atoms with Gasteiger partial charge in [-0.3, -0.25) is 4.79 Å². The fraction of sp³-hybridized carbons (Fsp3) is 0.367. The lowest BCUT2D eigenvalue weighted by Crippen LogP contribution is -2.26. The number of carbonyl (C=O) groups is 1. The topological polar surface area (TPSA) is 186 Å². The number of aromatic nitrogens is 8. The van der Waals surface area contributed by atoms with Crippen LogP contribution in [0.15, 0.2) is 54.9 Å². The number of rotatable bonds is 11. The molecule has 3 atom stereocenters. The summed E-state index contributed by atoms with van der Waals surface area (Å²) in [5.74, 6) is 1.52. The van der Waals surface area contributed by atoms with Crippen LogP contribution in [0.4, 0.5) is 27.0 Å². The first-order chi connectivity index (χ1) is 23.8. The van der Waals surface area contributed by atoms with Gasteiger partial charge in [-0.05, 0) is 18.4 Å². The smallest absolute Gasteiger partial charge is 0.207 e. The Balaban J connectivity index is 0.000000188. The fourth-order valence-electron chi connectivity index (χ4n) is 5.50. The van der Waals surface area contributed by atoms with Crippen LogP contribution < -0.4 is 26.2 Å². The highest BCUT2D eigenvalue weighted by Crippen LogP contribution is 2.27. The Kier molecular flexibility index (Phi) is 11.6. The van der Waals surface area contributed by atoms with E-state index >= 15 is 0 Å². The van der Waals surface area contributed by atoms with Crippen LogP contribution in [-0.2, 0) is 16.0 Å². The largest absolute Gasteiger partial charge is 0.374 e. The molecule has 0 amide bonds. The van der Waals surface area contributed by atoms with Crippen LogP contribution in [0.25, 0.3) is 0 Å². The molecule has 0 aliphatic carbocycles. The molecule has 0 unspecified atom stereocenters. The van der Waals surface area contributed by atoms with Gasteiger partial charge < -0.3 is 30.9 Å². The van der Waals surface area contributed by atoms with E-state index < -0.39 is 6.10 Å². The van der Waals surface area contributed by atoms with E-state index in [-0.39, 0.29) is 18.2 Å². The van der Waals surface area contributed by atoms with Crippen molar-refractivity contribution in [3.8, 4) is 0 Å². The van der Waals surface area contributed by atoms with Crippen LogP contribution in [0.3, 0.4) is 0 Å². The van der Waals surface area contributed by atoms with Crippen LogP contribution in [0.2, 0.25) is 10.0 Å². The third-order valence-corrected chi connectivity index (χ3v) is 9.71. The Morgan fingerprint density at radius 3 is 1.98 bits per heavy atom. The number of nitrogens with zero attached hydrogens (tertiary/aromatic N) is 10. The second-order valence-electron chi connectivity index (χ2n) is 11.2. The van der Waals surface area contributed by atoms with Crippen molar-refractivity contribution in [2.24, 2.45) is 0 Å². The molecule has 15 nitrogen and oxygen atoms in total. The van der Waals surface area contributed by atoms with Crippen molar-refractivity contribution in [2.75, 3.05) is 59.5 Å². The number of Topliss-reactive ketones (excluding diaryl/α,β-unsaturated/α-hetero) is 1. The molecule has 4 aromatic heterocycles. The minimum absolute atomic E-state index is 0.0435. The standard InChI is InChI=1S/C20H21ClN6O2S.C10H12ClN7S/c1-29-19(13-5-3-2-4-6-13)16(28)10-18-25-26-20(30-18)23-15-7-8-27(12-15)17-9-14(21)11-22-24-17;11-6-3-8(15-13-4-6)18-2-1-7(5-18)14-10-17-16-9(12)19-10/h2-6,9,11,15,19H,7-8,10,12H2,1H3,(H,23,26);3-4,7H,1-2,5H2,(H2,12,16)(H,14,17)/t15-,19+;7-/m11/s1. The quantitative estimate of drug-likeness (QED) is 0.173. The second-order valence-corrected chi connectivity index (χ2v) is 14.2. The van der Waals surface area contributed by atoms with Gasteiger partial charge in [-0.1, -0.05) is 76.2 Å². The van der Waals surface area contributed by atoms with Crippen molar-refractivity contribution in [3.63, 3.8) is 0 Å². The summed E-state index contributed by atoms with van der Waals surface area (Å²) in [5.41, 5.74) is 6.39. The zero-order chi connectivity index (χ0) is 34.2. The van der Waals surface area contributed by atoms with Crippen molar-refractivity contribution in [1.29, 1.82) is 0 Å². The Bertz CT molecular complexity index is 1830. The SMILES string of the molecule is CO[C@H](C(=O)Cc1nnc(N[C@@H]2CCN(c3cc(Cl)cnn3)C2)s1)c1ccccc1.Nc1nnc(N[C@@H]2CCN(c3cc(Cl)cnn3)C2)s1. The van der Waals surface area contributed by atoms with Crippen LogP contribution >= 0.6 is 45.9 Å².